The zero-order valence-electron chi connectivity index (χ0n) is 13.8. The molecule has 1 aromatic carbocycles. The lowest BCUT2D eigenvalue weighted by atomic mass is 10.1. The normalized spacial score (nSPS) is 22.2. The minimum absolute atomic E-state index is 0.0208. The van der Waals surface area contributed by atoms with Crippen molar-refractivity contribution in [3.8, 4) is 0 Å². The van der Waals surface area contributed by atoms with Crippen LogP contribution >= 0.6 is 11.6 Å². The van der Waals surface area contributed by atoms with Crippen molar-refractivity contribution >= 4 is 23.2 Å². The van der Waals surface area contributed by atoms with E-state index >= 15 is 0 Å². The van der Waals surface area contributed by atoms with E-state index in [0.717, 1.165) is 32.2 Å². The standard InChI is InChI=1S/C18H26ClN3O/c1-14(18(23)20-17-9-5-4-8-16(17)19)21-10-12-22(13-11-21)15-6-2-3-7-15/h4-5,8-9,14-15H,2-3,6-7,10-13H2,1H3,(H,20,23). The molecule has 1 heterocycles. The molecule has 4 nitrogen and oxygen atoms in total. The average molecular weight is 336 g/mol. The van der Waals surface area contributed by atoms with Crippen LogP contribution in [0.2, 0.25) is 5.02 Å². The van der Waals surface area contributed by atoms with Crippen molar-refractivity contribution in [2.24, 2.45) is 0 Å². The molecule has 1 aliphatic heterocycles. The summed E-state index contributed by atoms with van der Waals surface area (Å²) in [6.45, 7) is 6.07. The molecule has 1 atom stereocenters. The topological polar surface area (TPSA) is 35.6 Å². The van der Waals surface area contributed by atoms with Crippen LogP contribution in [-0.2, 0) is 4.79 Å². The Balaban J connectivity index is 1.51. The van der Waals surface area contributed by atoms with Gasteiger partial charge in [0.05, 0.1) is 16.8 Å². The highest BCUT2D eigenvalue weighted by Gasteiger charge is 2.29. The average Bonchev–Trinajstić information content (AvgIpc) is 3.11. The summed E-state index contributed by atoms with van der Waals surface area (Å²) in [5.41, 5.74) is 0.690. The molecule has 1 unspecified atom stereocenters. The van der Waals surface area contributed by atoms with E-state index in [1.54, 1.807) is 6.07 Å². The molecule has 5 heteroatoms. The van der Waals surface area contributed by atoms with E-state index in [4.69, 9.17) is 11.6 Å². The SMILES string of the molecule is CC(C(=O)Nc1ccccc1Cl)N1CCN(C2CCCC2)CC1. The number of hydrogen-bond acceptors (Lipinski definition) is 3. The van der Waals surface area contributed by atoms with Gasteiger partial charge >= 0.3 is 0 Å². The van der Waals surface area contributed by atoms with E-state index < -0.39 is 0 Å². The molecule has 1 aromatic rings. The van der Waals surface area contributed by atoms with E-state index in [2.05, 4.69) is 15.1 Å². The van der Waals surface area contributed by atoms with Gasteiger partial charge in [-0.25, -0.2) is 0 Å². The lowest BCUT2D eigenvalue weighted by Crippen LogP contribution is -2.54. The fourth-order valence-corrected chi connectivity index (χ4v) is 3.91. The van der Waals surface area contributed by atoms with E-state index in [1.807, 2.05) is 25.1 Å². The van der Waals surface area contributed by atoms with Gasteiger partial charge in [0.25, 0.3) is 0 Å². The maximum absolute atomic E-state index is 12.5. The summed E-state index contributed by atoms with van der Waals surface area (Å²) in [6, 6.07) is 8.03. The maximum atomic E-state index is 12.5. The van der Waals surface area contributed by atoms with Gasteiger partial charge in [-0.1, -0.05) is 36.6 Å². The van der Waals surface area contributed by atoms with Crippen molar-refractivity contribution in [1.29, 1.82) is 0 Å². The molecule has 3 rings (SSSR count). The van der Waals surface area contributed by atoms with Crippen LogP contribution in [0, 0.1) is 0 Å². The number of anilines is 1. The Morgan fingerprint density at radius 3 is 2.48 bits per heavy atom. The molecule has 23 heavy (non-hydrogen) atoms. The minimum Gasteiger partial charge on any atom is -0.323 e. The molecule has 1 saturated carbocycles. The molecular weight excluding hydrogens is 310 g/mol. The number of carbonyl (C=O) groups is 1. The molecule has 2 aliphatic rings. The third kappa shape index (κ3) is 4.06. The van der Waals surface area contributed by atoms with Crippen LogP contribution in [0.4, 0.5) is 5.69 Å². The lowest BCUT2D eigenvalue weighted by molar-refractivity contribution is -0.121. The van der Waals surface area contributed by atoms with Gasteiger partial charge in [0.2, 0.25) is 5.91 Å². The molecule has 126 valence electrons. The number of nitrogens with zero attached hydrogens (tertiary/aromatic N) is 2. The quantitative estimate of drug-likeness (QED) is 0.917. The number of benzene rings is 1. The first-order valence-electron chi connectivity index (χ1n) is 8.68. The summed E-state index contributed by atoms with van der Waals surface area (Å²) in [4.78, 5) is 17.4. The number of nitrogens with one attached hydrogen (secondary N) is 1. The summed E-state index contributed by atoms with van der Waals surface area (Å²) in [7, 11) is 0. The fraction of sp³-hybridized carbons (Fsp3) is 0.611. The fourth-order valence-electron chi connectivity index (χ4n) is 3.72. The number of para-hydroxylation sites is 1. The van der Waals surface area contributed by atoms with Crippen molar-refractivity contribution < 1.29 is 4.79 Å². The van der Waals surface area contributed by atoms with Gasteiger partial charge in [0, 0.05) is 32.2 Å². The number of amides is 1. The number of rotatable bonds is 4. The molecule has 1 saturated heterocycles. The van der Waals surface area contributed by atoms with Crippen LogP contribution in [0.3, 0.4) is 0 Å². The highest BCUT2D eigenvalue weighted by Crippen LogP contribution is 2.25. The van der Waals surface area contributed by atoms with E-state index in [0.29, 0.717) is 10.7 Å². The molecule has 0 radical (unpaired) electrons. The first kappa shape index (κ1) is 16.7. The Labute approximate surface area is 143 Å². The number of carbonyl (C=O) groups excluding carboxylic acids is 1. The molecule has 0 aromatic heterocycles. The van der Waals surface area contributed by atoms with E-state index in [9.17, 15) is 4.79 Å². The Bertz CT molecular complexity index is 537. The number of halogens is 1. The smallest absolute Gasteiger partial charge is 0.241 e. The van der Waals surface area contributed by atoms with E-state index in [1.165, 1.54) is 25.7 Å². The Hall–Kier alpha value is -1.10. The van der Waals surface area contributed by atoms with Gasteiger partial charge in [0.15, 0.2) is 0 Å². The van der Waals surface area contributed by atoms with E-state index in [-0.39, 0.29) is 11.9 Å². The molecule has 1 N–H and O–H groups in total. The number of hydrogen-bond donors (Lipinski definition) is 1. The zero-order valence-corrected chi connectivity index (χ0v) is 14.6. The van der Waals surface area contributed by atoms with Crippen LogP contribution in [-0.4, -0.2) is 54.0 Å². The van der Waals surface area contributed by atoms with Crippen LogP contribution in [0.25, 0.3) is 0 Å². The first-order chi connectivity index (χ1) is 11.1. The Morgan fingerprint density at radius 2 is 1.83 bits per heavy atom. The maximum Gasteiger partial charge on any atom is 0.241 e. The van der Waals surface area contributed by atoms with Crippen molar-refractivity contribution in [3.05, 3.63) is 29.3 Å². The van der Waals surface area contributed by atoms with Crippen LogP contribution in [0.1, 0.15) is 32.6 Å². The van der Waals surface area contributed by atoms with Crippen molar-refractivity contribution in [2.45, 2.75) is 44.7 Å². The lowest BCUT2D eigenvalue weighted by Gasteiger charge is -2.40. The van der Waals surface area contributed by atoms with Crippen LogP contribution < -0.4 is 5.32 Å². The molecule has 0 bridgehead atoms. The minimum atomic E-state index is -0.128. The summed E-state index contributed by atoms with van der Waals surface area (Å²) in [5.74, 6) is 0.0208. The Morgan fingerprint density at radius 1 is 1.17 bits per heavy atom. The predicted octanol–water partition coefficient (Wildman–Crippen LogP) is 3.23. The summed E-state index contributed by atoms with van der Waals surface area (Å²) in [6.07, 6.45) is 5.45. The molecule has 2 fully saturated rings. The summed E-state index contributed by atoms with van der Waals surface area (Å²) < 4.78 is 0. The van der Waals surface area contributed by atoms with Crippen LogP contribution in [0.5, 0.6) is 0 Å². The first-order valence-corrected chi connectivity index (χ1v) is 9.06. The van der Waals surface area contributed by atoms with Crippen molar-refractivity contribution in [2.75, 3.05) is 31.5 Å². The molecule has 1 aliphatic carbocycles. The van der Waals surface area contributed by atoms with Gasteiger partial charge in [-0.05, 0) is 31.9 Å². The van der Waals surface area contributed by atoms with Crippen LogP contribution in [0.15, 0.2) is 24.3 Å². The molecule has 0 spiro atoms. The third-order valence-corrected chi connectivity index (χ3v) is 5.58. The van der Waals surface area contributed by atoms with Gasteiger partial charge in [-0.2, -0.15) is 0 Å². The second-order valence-corrected chi connectivity index (χ2v) is 7.06. The predicted molar refractivity (Wildman–Crippen MR) is 94.9 cm³/mol. The molecule has 1 amide bonds. The largest absolute Gasteiger partial charge is 0.323 e. The summed E-state index contributed by atoms with van der Waals surface area (Å²) >= 11 is 6.12. The van der Waals surface area contributed by atoms with Gasteiger partial charge in [-0.3, -0.25) is 14.6 Å². The highest BCUT2D eigenvalue weighted by atomic mass is 35.5. The van der Waals surface area contributed by atoms with Gasteiger partial charge in [0.1, 0.15) is 0 Å². The summed E-state index contributed by atoms with van der Waals surface area (Å²) in [5, 5.41) is 3.53. The van der Waals surface area contributed by atoms with Crippen molar-refractivity contribution in [3.63, 3.8) is 0 Å². The van der Waals surface area contributed by atoms with Crippen molar-refractivity contribution in [1.82, 2.24) is 9.80 Å². The monoisotopic (exact) mass is 335 g/mol. The van der Waals surface area contributed by atoms with Gasteiger partial charge in [-0.15, -0.1) is 0 Å². The molecular formula is C18H26ClN3O. The second-order valence-electron chi connectivity index (χ2n) is 6.66. The Kier molecular flexibility index (Phi) is 5.57. The highest BCUT2D eigenvalue weighted by molar-refractivity contribution is 6.33. The zero-order chi connectivity index (χ0) is 16.2. The second kappa shape index (κ2) is 7.65. The third-order valence-electron chi connectivity index (χ3n) is 5.25. The number of piperazine rings is 1. The van der Waals surface area contributed by atoms with Gasteiger partial charge < -0.3 is 5.32 Å².